The number of carbonyl (C=O) groups excluding carboxylic acids is 2. The Morgan fingerprint density at radius 2 is 1.58 bits per heavy atom. The molecule has 3 saturated heterocycles. The zero-order valence-electron chi connectivity index (χ0n) is 14.4. The van der Waals surface area contributed by atoms with Crippen LogP contribution in [0.5, 0.6) is 0 Å². The van der Waals surface area contributed by atoms with Gasteiger partial charge in [0.2, 0.25) is 11.8 Å². The number of thioether (sulfide) groups is 1. The zero-order chi connectivity index (χ0) is 16.1. The molecule has 24 heavy (non-hydrogen) atoms. The van der Waals surface area contributed by atoms with E-state index in [9.17, 15) is 9.59 Å². The van der Waals surface area contributed by atoms with Crippen LogP contribution in [0.1, 0.15) is 38.5 Å². The van der Waals surface area contributed by atoms with Crippen molar-refractivity contribution in [3.05, 3.63) is 0 Å². The van der Waals surface area contributed by atoms with Gasteiger partial charge in [0.15, 0.2) is 0 Å². The summed E-state index contributed by atoms with van der Waals surface area (Å²) in [5, 5.41) is 3.44. The number of piperidine rings is 1. The molecule has 0 aromatic carbocycles. The molecule has 3 aliphatic heterocycles. The Kier molecular flexibility index (Phi) is 8.17. The third-order valence-corrected chi connectivity index (χ3v) is 6.44. The van der Waals surface area contributed by atoms with Gasteiger partial charge in [0.25, 0.3) is 0 Å². The maximum Gasteiger partial charge on any atom is 0.224 e. The van der Waals surface area contributed by atoms with Crippen LogP contribution in [-0.2, 0) is 9.59 Å². The number of nitrogens with one attached hydrogen (secondary N) is 1. The molecule has 3 heterocycles. The molecule has 5 nitrogen and oxygen atoms in total. The van der Waals surface area contributed by atoms with Crippen molar-refractivity contribution in [2.45, 2.75) is 44.6 Å². The Morgan fingerprint density at radius 1 is 0.958 bits per heavy atom. The van der Waals surface area contributed by atoms with Gasteiger partial charge in [-0.25, -0.2) is 0 Å². The summed E-state index contributed by atoms with van der Waals surface area (Å²) in [4.78, 5) is 28.7. The molecule has 2 amide bonds. The molecule has 0 aromatic rings. The van der Waals surface area contributed by atoms with Gasteiger partial charge in [-0.05, 0) is 31.6 Å². The van der Waals surface area contributed by atoms with Gasteiger partial charge in [-0.1, -0.05) is 0 Å². The molecule has 3 aliphatic rings. The van der Waals surface area contributed by atoms with Crippen LogP contribution in [0.25, 0.3) is 0 Å². The summed E-state index contributed by atoms with van der Waals surface area (Å²) in [6.07, 6.45) is 5.60. The highest BCUT2D eigenvalue weighted by atomic mass is 35.5. The van der Waals surface area contributed by atoms with E-state index in [1.165, 1.54) is 0 Å². The third kappa shape index (κ3) is 5.53. The quantitative estimate of drug-likeness (QED) is 0.813. The van der Waals surface area contributed by atoms with E-state index in [0.717, 1.165) is 69.9 Å². The Morgan fingerprint density at radius 3 is 2.21 bits per heavy atom. The molecule has 0 aromatic heterocycles. The number of hydrogen-bond donors (Lipinski definition) is 1. The molecule has 0 saturated carbocycles. The molecule has 0 bridgehead atoms. The van der Waals surface area contributed by atoms with Crippen molar-refractivity contribution in [3.8, 4) is 0 Å². The smallest absolute Gasteiger partial charge is 0.224 e. The number of likely N-dealkylation sites (tertiary alicyclic amines) is 2. The van der Waals surface area contributed by atoms with Gasteiger partial charge in [-0.3, -0.25) is 9.59 Å². The first-order chi connectivity index (χ1) is 11.2. The van der Waals surface area contributed by atoms with Gasteiger partial charge in [0.1, 0.15) is 0 Å². The largest absolute Gasteiger partial charge is 0.343 e. The van der Waals surface area contributed by atoms with Crippen molar-refractivity contribution in [2.24, 2.45) is 5.92 Å². The molecule has 1 N–H and O–H groups in total. The van der Waals surface area contributed by atoms with E-state index in [1.54, 1.807) is 0 Å². The van der Waals surface area contributed by atoms with Gasteiger partial charge in [-0.15, -0.1) is 12.4 Å². The Balaban J connectivity index is 0.00000208. The Labute approximate surface area is 155 Å². The number of halogens is 1. The van der Waals surface area contributed by atoms with Gasteiger partial charge in [0, 0.05) is 63.1 Å². The molecule has 1 unspecified atom stereocenters. The topological polar surface area (TPSA) is 52.7 Å². The molecular weight excluding hydrogens is 346 g/mol. The van der Waals surface area contributed by atoms with Crippen LogP contribution in [0.15, 0.2) is 0 Å². The first-order valence-corrected chi connectivity index (χ1v) is 10.2. The minimum absolute atomic E-state index is 0. The molecule has 0 spiro atoms. The van der Waals surface area contributed by atoms with Crippen LogP contribution in [0.2, 0.25) is 0 Å². The average Bonchev–Trinajstić information content (AvgIpc) is 3.11. The van der Waals surface area contributed by atoms with Crippen molar-refractivity contribution in [2.75, 3.05) is 44.2 Å². The maximum absolute atomic E-state index is 12.4. The fourth-order valence-corrected chi connectivity index (χ4v) is 4.77. The average molecular weight is 376 g/mol. The normalized spacial score (nSPS) is 25.4. The van der Waals surface area contributed by atoms with Gasteiger partial charge >= 0.3 is 0 Å². The van der Waals surface area contributed by atoms with Gasteiger partial charge in [0.05, 0.1) is 0 Å². The molecule has 7 heteroatoms. The van der Waals surface area contributed by atoms with Crippen molar-refractivity contribution in [3.63, 3.8) is 0 Å². The highest BCUT2D eigenvalue weighted by Gasteiger charge is 2.28. The lowest BCUT2D eigenvalue weighted by molar-refractivity contribution is -0.134. The fourth-order valence-electron chi connectivity index (χ4n) is 3.82. The summed E-state index contributed by atoms with van der Waals surface area (Å²) in [5.74, 6) is 3.29. The highest BCUT2D eigenvalue weighted by molar-refractivity contribution is 7.99. The van der Waals surface area contributed by atoms with Crippen molar-refractivity contribution in [1.82, 2.24) is 15.1 Å². The summed E-state index contributed by atoms with van der Waals surface area (Å²) < 4.78 is 0. The van der Waals surface area contributed by atoms with Gasteiger partial charge in [-0.2, -0.15) is 11.8 Å². The molecule has 3 rings (SSSR count). The second-order valence-electron chi connectivity index (χ2n) is 7.05. The van der Waals surface area contributed by atoms with Crippen LogP contribution in [0, 0.1) is 5.92 Å². The second-order valence-corrected chi connectivity index (χ2v) is 8.20. The highest BCUT2D eigenvalue weighted by Crippen LogP contribution is 2.23. The lowest BCUT2D eigenvalue weighted by Gasteiger charge is -2.34. The van der Waals surface area contributed by atoms with Crippen LogP contribution >= 0.6 is 24.2 Å². The van der Waals surface area contributed by atoms with E-state index in [4.69, 9.17) is 0 Å². The van der Waals surface area contributed by atoms with Crippen molar-refractivity contribution < 1.29 is 9.59 Å². The van der Waals surface area contributed by atoms with Crippen molar-refractivity contribution in [1.29, 1.82) is 0 Å². The monoisotopic (exact) mass is 375 g/mol. The molecule has 3 fully saturated rings. The first-order valence-electron chi connectivity index (χ1n) is 9.09. The molecular formula is C17H30ClN3O2S. The van der Waals surface area contributed by atoms with E-state index in [1.807, 2.05) is 21.6 Å². The van der Waals surface area contributed by atoms with E-state index in [0.29, 0.717) is 30.7 Å². The fraction of sp³-hybridized carbons (Fsp3) is 0.882. The van der Waals surface area contributed by atoms with E-state index >= 15 is 0 Å². The predicted molar refractivity (Wildman–Crippen MR) is 101 cm³/mol. The van der Waals surface area contributed by atoms with Crippen LogP contribution in [0.3, 0.4) is 0 Å². The summed E-state index contributed by atoms with van der Waals surface area (Å²) in [6.45, 7) is 4.57. The summed E-state index contributed by atoms with van der Waals surface area (Å²) in [6, 6.07) is 0.343. The number of amides is 2. The first kappa shape index (κ1) is 19.9. The summed E-state index contributed by atoms with van der Waals surface area (Å²) in [7, 11) is 0. The van der Waals surface area contributed by atoms with Crippen LogP contribution < -0.4 is 5.32 Å². The van der Waals surface area contributed by atoms with Crippen LogP contribution in [-0.4, -0.2) is 71.9 Å². The summed E-state index contributed by atoms with van der Waals surface area (Å²) in [5.41, 5.74) is 0. The third-order valence-electron chi connectivity index (χ3n) is 5.31. The number of carbonyl (C=O) groups is 2. The predicted octanol–water partition coefficient (Wildman–Crippen LogP) is 1.75. The zero-order valence-corrected chi connectivity index (χ0v) is 16.0. The lowest BCUT2D eigenvalue weighted by atomic mass is 9.92. The Hall–Kier alpha value is -0.460. The standard InChI is InChI=1S/C17H29N3O2S.ClH/c21-16(19-6-1-2-7-19)11-14-3-8-20(9-4-14)17(22)12-15-13-23-10-5-18-15;/h14-15,18H,1-13H2;1H. The SMILES string of the molecule is Cl.O=C(CC1CCN(C(=O)CC2CSCCN2)CC1)N1CCCC1. The van der Waals surface area contributed by atoms with E-state index < -0.39 is 0 Å². The minimum Gasteiger partial charge on any atom is -0.343 e. The Bertz CT molecular complexity index is 418. The number of nitrogens with zero attached hydrogens (tertiary/aromatic N) is 2. The van der Waals surface area contributed by atoms with E-state index in [-0.39, 0.29) is 18.3 Å². The number of hydrogen-bond acceptors (Lipinski definition) is 4. The minimum atomic E-state index is 0. The molecule has 138 valence electrons. The number of rotatable bonds is 4. The molecule has 0 radical (unpaired) electrons. The van der Waals surface area contributed by atoms with E-state index in [2.05, 4.69) is 5.32 Å². The molecule has 1 atom stereocenters. The molecule has 0 aliphatic carbocycles. The van der Waals surface area contributed by atoms with Gasteiger partial charge < -0.3 is 15.1 Å². The second kappa shape index (κ2) is 9.88. The maximum atomic E-state index is 12.4. The van der Waals surface area contributed by atoms with Crippen molar-refractivity contribution >= 4 is 36.0 Å². The van der Waals surface area contributed by atoms with Crippen LogP contribution in [0.4, 0.5) is 0 Å². The lowest BCUT2D eigenvalue weighted by Crippen LogP contribution is -2.45. The summed E-state index contributed by atoms with van der Waals surface area (Å²) >= 11 is 1.94.